The van der Waals surface area contributed by atoms with Gasteiger partial charge in [-0.15, -0.1) is 11.3 Å². The summed E-state index contributed by atoms with van der Waals surface area (Å²) in [5.41, 5.74) is 0. The Bertz CT molecular complexity index is 471. The zero-order chi connectivity index (χ0) is 15.4. The third-order valence-electron chi connectivity index (χ3n) is 4.28. The van der Waals surface area contributed by atoms with Gasteiger partial charge < -0.3 is 4.90 Å². The Hall–Kier alpha value is -0.870. The molecule has 1 aromatic heterocycles. The number of carbonyl (C=O) groups excluding carboxylic acids is 1. The summed E-state index contributed by atoms with van der Waals surface area (Å²) in [6.45, 7) is 8.66. The molecular formula is C17H28N2OS. The fourth-order valence-corrected chi connectivity index (χ4v) is 4.17. The van der Waals surface area contributed by atoms with E-state index < -0.39 is 0 Å². The van der Waals surface area contributed by atoms with Crippen LogP contribution in [0.5, 0.6) is 0 Å². The molecule has 1 amide bonds. The summed E-state index contributed by atoms with van der Waals surface area (Å²) >= 11 is 1.80. The molecule has 0 saturated carbocycles. The van der Waals surface area contributed by atoms with Crippen LogP contribution in [0.2, 0.25) is 0 Å². The zero-order valence-electron chi connectivity index (χ0n) is 13.7. The molecule has 3 nitrogen and oxygen atoms in total. The van der Waals surface area contributed by atoms with E-state index >= 15 is 0 Å². The van der Waals surface area contributed by atoms with Gasteiger partial charge in [0.2, 0.25) is 5.91 Å². The van der Waals surface area contributed by atoms with Crippen molar-refractivity contribution in [3.8, 4) is 0 Å². The molecule has 3 unspecified atom stereocenters. The number of aryl methyl sites for hydroxylation is 1. The molecule has 118 valence electrons. The van der Waals surface area contributed by atoms with Gasteiger partial charge in [0.1, 0.15) is 6.17 Å². The standard InChI is InChI=1S/C17H28N2OS/c1-5-8-13(7-3)19-16(15-11-10-12(4)21-15)18-14(9-6-2)17(19)20/h10-11,13-14,16,18H,5-9H2,1-4H3. The monoisotopic (exact) mass is 308 g/mol. The Labute approximate surface area is 132 Å². The van der Waals surface area contributed by atoms with Gasteiger partial charge in [-0.3, -0.25) is 10.1 Å². The van der Waals surface area contributed by atoms with Crippen molar-refractivity contribution in [1.29, 1.82) is 0 Å². The van der Waals surface area contributed by atoms with Gasteiger partial charge in [0.15, 0.2) is 0 Å². The highest BCUT2D eigenvalue weighted by atomic mass is 32.1. The summed E-state index contributed by atoms with van der Waals surface area (Å²) in [4.78, 5) is 17.5. The average Bonchev–Trinajstić information content (AvgIpc) is 3.02. The van der Waals surface area contributed by atoms with E-state index in [1.54, 1.807) is 11.3 Å². The highest BCUT2D eigenvalue weighted by Crippen LogP contribution is 2.34. The van der Waals surface area contributed by atoms with Crippen LogP contribution in [-0.4, -0.2) is 22.9 Å². The molecule has 1 aliphatic heterocycles. The Morgan fingerprint density at radius 1 is 1.29 bits per heavy atom. The van der Waals surface area contributed by atoms with E-state index in [1.807, 2.05) is 0 Å². The van der Waals surface area contributed by atoms with Crippen molar-refractivity contribution >= 4 is 17.2 Å². The molecular weight excluding hydrogens is 280 g/mol. The highest BCUT2D eigenvalue weighted by molar-refractivity contribution is 7.12. The number of thiophene rings is 1. The number of nitrogens with zero attached hydrogens (tertiary/aromatic N) is 1. The summed E-state index contributed by atoms with van der Waals surface area (Å²) in [5, 5.41) is 3.58. The molecule has 0 bridgehead atoms. The molecule has 1 aromatic rings. The Morgan fingerprint density at radius 2 is 2.05 bits per heavy atom. The molecule has 2 rings (SSSR count). The maximum Gasteiger partial charge on any atom is 0.241 e. The second kappa shape index (κ2) is 7.41. The lowest BCUT2D eigenvalue weighted by Gasteiger charge is -2.31. The first-order chi connectivity index (χ1) is 10.1. The number of rotatable bonds is 7. The summed E-state index contributed by atoms with van der Waals surface area (Å²) < 4.78 is 0. The molecule has 0 aliphatic carbocycles. The summed E-state index contributed by atoms with van der Waals surface area (Å²) in [6, 6.07) is 4.67. The molecule has 21 heavy (non-hydrogen) atoms. The van der Waals surface area contributed by atoms with Crippen LogP contribution in [0, 0.1) is 6.92 Å². The lowest BCUT2D eigenvalue weighted by molar-refractivity contribution is -0.132. The molecule has 0 aromatic carbocycles. The van der Waals surface area contributed by atoms with Crippen LogP contribution in [0.15, 0.2) is 12.1 Å². The van der Waals surface area contributed by atoms with Crippen molar-refractivity contribution in [2.45, 2.75) is 78.0 Å². The zero-order valence-corrected chi connectivity index (χ0v) is 14.5. The van der Waals surface area contributed by atoms with Crippen molar-refractivity contribution in [3.63, 3.8) is 0 Å². The first-order valence-corrected chi connectivity index (χ1v) is 9.08. The number of hydrogen-bond acceptors (Lipinski definition) is 3. The number of nitrogens with one attached hydrogen (secondary N) is 1. The van der Waals surface area contributed by atoms with Crippen LogP contribution >= 0.6 is 11.3 Å². The van der Waals surface area contributed by atoms with Gasteiger partial charge in [0.05, 0.1) is 6.04 Å². The molecule has 1 aliphatic rings. The smallest absolute Gasteiger partial charge is 0.241 e. The third-order valence-corrected chi connectivity index (χ3v) is 5.34. The van der Waals surface area contributed by atoms with Gasteiger partial charge in [-0.25, -0.2) is 0 Å². The molecule has 1 fully saturated rings. The lowest BCUT2D eigenvalue weighted by atomic mass is 10.1. The van der Waals surface area contributed by atoms with E-state index in [9.17, 15) is 4.79 Å². The molecule has 2 heterocycles. The third kappa shape index (κ3) is 3.49. The first-order valence-electron chi connectivity index (χ1n) is 8.26. The molecule has 3 atom stereocenters. The minimum atomic E-state index is -0.00619. The number of amides is 1. The quantitative estimate of drug-likeness (QED) is 0.817. The molecule has 1 saturated heterocycles. The minimum absolute atomic E-state index is 0.00619. The summed E-state index contributed by atoms with van der Waals surface area (Å²) in [5.74, 6) is 0.299. The highest BCUT2D eigenvalue weighted by Gasteiger charge is 2.42. The van der Waals surface area contributed by atoms with Gasteiger partial charge in [-0.1, -0.05) is 33.6 Å². The second-order valence-corrected chi connectivity index (χ2v) is 7.27. The maximum atomic E-state index is 12.8. The van der Waals surface area contributed by atoms with Crippen molar-refractivity contribution < 1.29 is 4.79 Å². The molecule has 1 N–H and O–H groups in total. The predicted octanol–water partition coefficient (Wildman–Crippen LogP) is 4.23. The van der Waals surface area contributed by atoms with Crippen LogP contribution in [0.4, 0.5) is 0 Å². The second-order valence-electron chi connectivity index (χ2n) is 5.96. The molecule has 0 spiro atoms. The Kier molecular flexibility index (Phi) is 5.82. The number of hydrogen-bond donors (Lipinski definition) is 1. The van der Waals surface area contributed by atoms with Crippen molar-refractivity contribution in [2.24, 2.45) is 0 Å². The van der Waals surface area contributed by atoms with E-state index in [-0.39, 0.29) is 12.2 Å². The lowest BCUT2D eigenvalue weighted by Crippen LogP contribution is -2.39. The average molecular weight is 308 g/mol. The fourth-order valence-electron chi connectivity index (χ4n) is 3.23. The molecule has 4 heteroatoms. The van der Waals surface area contributed by atoms with Gasteiger partial charge >= 0.3 is 0 Å². The summed E-state index contributed by atoms with van der Waals surface area (Å²) in [7, 11) is 0. The van der Waals surface area contributed by atoms with E-state index in [0.717, 1.165) is 32.1 Å². The predicted molar refractivity (Wildman–Crippen MR) is 89.5 cm³/mol. The van der Waals surface area contributed by atoms with E-state index in [2.05, 4.69) is 50.0 Å². The Morgan fingerprint density at radius 3 is 2.57 bits per heavy atom. The van der Waals surface area contributed by atoms with Gasteiger partial charge in [0.25, 0.3) is 0 Å². The Balaban J connectivity index is 2.28. The van der Waals surface area contributed by atoms with Gasteiger partial charge in [-0.2, -0.15) is 0 Å². The van der Waals surface area contributed by atoms with Crippen molar-refractivity contribution in [2.75, 3.05) is 0 Å². The van der Waals surface area contributed by atoms with E-state index in [1.165, 1.54) is 9.75 Å². The topological polar surface area (TPSA) is 32.3 Å². The summed E-state index contributed by atoms with van der Waals surface area (Å²) in [6.07, 6.45) is 5.28. The maximum absolute atomic E-state index is 12.8. The SMILES string of the molecule is CCCC1NC(c2ccc(C)s2)N(C(CC)CCC)C1=O. The fraction of sp³-hybridized carbons (Fsp3) is 0.706. The van der Waals surface area contributed by atoms with E-state index in [4.69, 9.17) is 0 Å². The first kappa shape index (κ1) is 16.5. The number of carbonyl (C=O) groups is 1. The minimum Gasteiger partial charge on any atom is -0.318 e. The largest absolute Gasteiger partial charge is 0.318 e. The van der Waals surface area contributed by atoms with Crippen LogP contribution in [0.25, 0.3) is 0 Å². The van der Waals surface area contributed by atoms with Gasteiger partial charge in [0, 0.05) is 15.8 Å². The van der Waals surface area contributed by atoms with Crippen molar-refractivity contribution in [1.82, 2.24) is 10.2 Å². The van der Waals surface area contributed by atoms with Crippen molar-refractivity contribution in [3.05, 3.63) is 21.9 Å². The normalized spacial score (nSPS) is 23.8. The van der Waals surface area contributed by atoms with Crippen LogP contribution in [0.1, 0.15) is 68.8 Å². The van der Waals surface area contributed by atoms with Crippen LogP contribution in [-0.2, 0) is 4.79 Å². The van der Waals surface area contributed by atoms with Crippen LogP contribution < -0.4 is 5.32 Å². The molecule has 0 radical (unpaired) electrons. The van der Waals surface area contributed by atoms with Crippen LogP contribution in [0.3, 0.4) is 0 Å². The van der Waals surface area contributed by atoms with E-state index in [0.29, 0.717) is 11.9 Å². The van der Waals surface area contributed by atoms with Gasteiger partial charge in [-0.05, 0) is 38.3 Å².